The zero-order chi connectivity index (χ0) is 19.8. The summed E-state index contributed by atoms with van der Waals surface area (Å²) < 4.78 is 5.39. The van der Waals surface area contributed by atoms with E-state index in [0.29, 0.717) is 18.8 Å². The highest BCUT2D eigenvalue weighted by Gasteiger charge is 2.36. The normalized spacial score (nSPS) is 16.9. The van der Waals surface area contributed by atoms with Gasteiger partial charge in [0, 0.05) is 19.5 Å². The molecule has 1 aliphatic rings. The van der Waals surface area contributed by atoms with Crippen LogP contribution < -0.4 is 15.0 Å². The molecule has 6 nitrogen and oxygen atoms in total. The lowest BCUT2D eigenvalue weighted by Crippen LogP contribution is -2.34. The van der Waals surface area contributed by atoms with Crippen molar-refractivity contribution in [3.8, 4) is 5.75 Å². The molecule has 2 amide bonds. The number of methoxy groups -OCH3 is 1. The second kappa shape index (κ2) is 10.3. The van der Waals surface area contributed by atoms with Crippen LogP contribution in [0, 0.1) is 12.8 Å². The Hall–Kier alpha value is -2.08. The van der Waals surface area contributed by atoms with Gasteiger partial charge in [-0.15, -0.1) is 0 Å². The van der Waals surface area contributed by atoms with Crippen molar-refractivity contribution in [2.75, 3.05) is 44.7 Å². The summed E-state index contributed by atoms with van der Waals surface area (Å²) in [7, 11) is 1.59. The van der Waals surface area contributed by atoms with E-state index in [1.807, 2.05) is 25.1 Å². The molecule has 1 fully saturated rings. The van der Waals surface area contributed by atoms with E-state index in [-0.39, 0.29) is 24.2 Å². The summed E-state index contributed by atoms with van der Waals surface area (Å²) in [6.07, 6.45) is 2.28. The van der Waals surface area contributed by atoms with Crippen LogP contribution in [-0.2, 0) is 9.59 Å². The maximum Gasteiger partial charge on any atom is 0.227 e. The fourth-order valence-electron chi connectivity index (χ4n) is 3.48. The van der Waals surface area contributed by atoms with E-state index in [4.69, 9.17) is 4.74 Å². The average molecular weight is 376 g/mol. The molecule has 1 unspecified atom stereocenters. The number of carbonyl (C=O) groups is 2. The summed E-state index contributed by atoms with van der Waals surface area (Å²) in [5.41, 5.74) is 1.80. The lowest BCUT2D eigenvalue weighted by Gasteiger charge is -2.20. The lowest BCUT2D eigenvalue weighted by atomic mass is 10.1. The first-order chi connectivity index (χ1) is 13.0. The number of carbonyl (C=O) groups excluding carboxylic acids is 2. The predicted octanol–water partition coefficient (Wildman–Crippen LogP) is 2.59. The fourth-order valence-corrected chi connectivity index (χ4v) is 3.48. The molecule has 1 aromatic rings. The Labute approximate surface area is 162 Å². The van der Waals surface area contributed by atoms with E-state index < -0.39 is 0 Å². The third-order valence-corrected chi connectivity index (χ3v) is 5.22. The molecule has 0 aliphatic carbocycles. The molecule has 0 radical (unpaired) electrons. The monoisotopic (exact) mass is 375 g/mol. The van der Waals surface area contributed by atoms with Crippen LogP contribution in [0.2, 0.25) is 0 Å². The van der Waals surface area contributed by atoms with Gasteiger partial charge in [0.2, 0.25) is 11.8 Å². The van der Waals surface area contributed by atoms with Crippen LogP contribution in [0.15, 0.2) is 18.2 Å². The number of unbranched alkanes of at least 4 members (excludes halogenated alkanes) is 1. The largest absolute Gasteiger partial charge is 0.495 e. The number of hydrogen-bond donors (Lipinski definition) is 1. The molecule has 1 aromatic carbocycles. The van der Waals surface area contributed by atoms with Crippen LogP contribution in [0.3, 0.4) is 0 Å². The number of rotatable bonds is 10. The molecule has 150 valence electrons. The van der Waals surface area contributed by atoms with Crippen molar-refractivity contribution in [1.29, 1.82) is 0 Å². The summed E-state index contributed by atoms with van der Waals surface area (Å²) >= 11 is 0. The van der Waals surface area contributed by atoms with Gasteiger partial charge in [-0.25, -0.2) is 0 Å². The molecule has 1 heterocycles. The Kier molecular flexibility index (Phi) is 8.10. The number of ether oxygens (including phenoxy) is 1. The Balaban J connectivity index is 1.84. The van der Waals surface area contributed by atoms with Gasteiger partial charge in [0.05, 0.1) is 18.7 Å². The Bertz CT molecular complexity index is 644. The van der Waals surface area contributed by atoms with Crippen molar-refractivity contribution in [1.82, 2.24) is 10.2 Å². The number of anilines is 1. The predicted molar refractivity (Wildman–Crippen MR) is 108 cm³/mol. The highest BCUT2D eigenvalue weighted by Crippen LogP contribution is 2.33. The molecule has 2 rings (SSSR count). The minimum Gasteiger partial charge on any atom is -0.495 e. The first-order valence-electron chi connectivity index (χ1n) is 9.95. The van der Waals surface area contributed by atoms with E-state index in [0.717, 1.165) is 43.7 Å². The van der Waals surface area contributed by atoms with Gasteiger partial charge < -0.3 is 19.9 Å². The summed E-state index contributed by atoms with van der Waals surface area (Å²) in [4.78, 5) is 29.0. The Morgan fingerprint density at radius 1 is 1.30 bits per heavy atom. The highest BCUT2D eigenvalue weighted by molar-refractivity contribution is 6.01. The van der Waals surface area contributed by atoms with Crippen molar-refractivity contribution < 1.29 is 14.3 Å². The molecule has 0 bridgehead atoms. The van der Waals surface area contributed by atoms with Crippen molar-refractivity contribution in [2.24, 2.45) is 5.92 Å². The van der Waals surface area contributed by atoms with Gasteiger partial charge in [-0.3, -0.25) is 9.59 Å². The quantitative estimate of drug-likeness (QED) is 0.639. The smallest absolute Gasteiger partial charge is 0.227 e. The summed E-state index contributed by atoms with van der Waals surface area (Å²) in [5.74, 6) is 0.304. The van der Waals surface area contributed by atoms with Crippen LogP contribution in [0.1, 0.15) is 38.7 Å². The van der Waals surface area contributed by atoms with Crippen molar-refractivity contribution in [2.45, 2.75) is 40.0 Å². The standard InChI is InChI=1S/C21H33N3O3/c1-5-23(6-2)12-8-7-11-22-21(26)17-14-20(25)24(15-17)18-13-16(3)9-10-19(18)27-4/h9-10,13,17H,5-8,11-12,14-15H2,1-4H3,(H,22,26). The van der Waals surface area contributed by atoms with E-state index in [1.54, 1.807) is 12.0 Å². The maximum absolute atomic E-state index is 12.5. The Morgan fingerprint density at radius 3 is 2.70 bits per heavy atom. The third-order valence-electron chi connectivity index (χ3n) is 5.22. The number of aryl methyl sites for hydroxylation is 1. The molecule has 0 saturated carbocycles. The molecular weight excluding hydrogens is 342 g/mol. The van der Waals surface area contributed by atoms with Gasteiger partial charge in [0.15, 0.2) is 0 Å². The van der Waals surface area contributed by atoms with Gasteiger partial charge in [0.25, 0.3) is 0 Å². The van der Waals surface area contributed by atoms with E-state index in [2.05, 4.69) is 24.1 Å². The zero-order valence-electron chi connectivity index (χ0n) is 17.1. The molecule has 0 aromatic heterocycles. The fraction of sp³-hybridized carbons (Fsp3) is 0.619. The summed E-state index contributed by atoms with van der Waals surface area (Å²) in [6.45, 7) is 10.6. The molecule has 0 spiro atoms. The minimum absolute atomic E-state index is 0.0272. The number of amides is 2. The third kappa shape index (κ3) is 5.70. The van der Waals surface area contributed by atoms with Crippen LogP contribution in [0.4, 0.5) is 5.69 Å². The molecule has 6 heteroatoms. The van der Waals surface area contributed by atoms with Gasteiger partial charge in [-0.1, -0.05) is 19.9 Å². The number of benzene rings is 1. The Morgan fingerprint density at radius 2 is 2.04 bits per heavy atom. The molecule has 1 N–H and O–H groups in total. The van der Waals surface area contributed by atoms with Gasteiger partial charge >= 0.3 is 0 Å². The topological polar surface area (TPSA) is 61.9 Å². The zero-order valence-corrected chi connectivity index (χ0v) is 17.1. The number of nitrogens with one attached hydrogen (secondary N) is 1. The molecular formula is C21H33N3O3. The van der Waals surface area contributed by atoms with E-state index in [9.17, 15) is 9.59 Å². The molecule has 1 aliphatic heterocycles. The first-order valence-corrected chi connectivity index (χ1v) is 9.95. The second-order valence-electron chi connectivity index (χ2n) is 7.11. The molecule has 1 atom stereocenters. The summed E-state index contributed by atoms with van der Waals surface area (Å²) in [5, 5.41) is 3.00. The van der Waals surface area contributed by atoms with Gasteiger partial charge in [0.1, 0.15) is 5.75 Å². The lowest BCUT2D eigenvalue weighted by molar-refractivity contribution is -0.126. The SMILES string of the molecule is CCN(CC)CCCCNC(=O)C1CC(=O)N(c2cc(C)ccc2OC)C1. The first kappa shape index (κ1) is 21.2. The van der Waals surface area contributed by atoms with Gasteiger partial charge in [-0.2, -0.15) is 0 Å². The van der Waals surface area contributed by atoms with E-state index in [1.165, 1.54) is 0 Å². The minimum atomic E-state index is -0.300. The van der Waals surface area contributed by atoms with E-state index >= 15 is 0 Å². The van der Waals surface area contributed by atoms with Gasteiger partial charge in [-0.05, 0) is 57.1 Å². The van der Waals surface area contributed by atoms with Crippen LogP contribution in [0.25, 0.3) is 0 Å². The second-order valence-corrected chi connectivity index (χ2v) is 7.11. The summed E-state index contributed by atoms with van der Waals surface area (Å²) in [6, 6.07) is 5.75. The average Bonchev–Trinajstić information content (AvgIpc) is 3.06. The highest BCUT2D eigenvalue weighted by atomic mass is 16.5. The van der Waals surface area contributed by atoms with Crippen LogP contribution in [0.5, 0.6) is 5.75 Å². The number of nitrogens with zero attached hydrogens (tertiary/aromatic N) is 2. The maximum atomic E-state index is 12.5. The van der Waals surface area contributed by atoms with Crippen molar-refractivity contribution in [3.05, 3.63) is 23.8 Å². The number of hydrogen-bond acceptors (Lipinski definition) is 4. The van der Waals surface area contributed by atoms with Crippen molar-refractivity contribution >= 4 is 17.5 Å². The van der Waals surface area contributed by atoms with Crippen LogP contribution >= 0.6 is 0 Å². The van der Waals surface area contributed by atoms with Crippen LogP contribution in [-0.4, -0.2) is 56.5 Å². The molecule has 27 heavy (non-hydrogen) atoms. The van der Waals surface area contributed by atoms with Crippen molar-refractivity contribution in [3.63, 3.8) is 0 Å². The molecule has 1 saturated heterocycles.